The van der Waals surface area contributed by atoms with Crippen LogP contribution in [-0.2, 0) is 4.74 Å². The fourth-order valence-corrected chi connectivity index (χ4v) is 3.26. The molecule has 0 aliphatic carbocycles. The lowest BCUT2D eigenvalue weighted by atomic mass is 10.1. The SMILES string of the molecule is CCNC(C)c1ccc(N2CCC(COC)C2)cc1Cl. The van der Waals surface area contributed by atoms with E-state index < -0.39 is 0 Å². The predicted molar refractivity (Wildman–Crippen MR) is 85.7 cm³/mol. The Bertz CT molecular complexity index is 438. The highest BCUT2D eigenvalue weighted by molar-refractivity contribution is 6.31. The zero-order chi connectivity index (χ0) is 14.5. The van der Waals surface area contributed by atoms with Gasteiger partial charge in [0.25, 0.3) is 0 Å². The van der Waals surface area contributed by atoms with Gasteiger partial charge in [-0.1, -0.05) is 24.6 Å². The first-order valence-corrected chi connectivity index (χ1v) is 7.80. The lowest BCUT2D eigenvalue weighted by molar-refractivity contribution is 0.161. The maximum atomic E-state index is 6.44. The third-order valence-corrected chi connectivity index (χ3v) is 4.34. The molecule has 1 N–H and O–H groups in total. The quantitative estimate of drug-likeness (QED) is 0.870. The van der Waals surface area contributed by atoms with Gasteiger partial charge < -0.3 is 15.0 Å². The van der Waals surface area contributed by atoms with Gasteiger partial charge in [-0.3, -0.25) is 0 Å². The van der Waals surface area contributed by atoms with Crippen LogP contribution in [0.3, 0.4) is 0 Å². The molecule has 1 fully saturated rings. The van der Waals surface area contributed by atoms with Gasteiger partial charge in [-0.15, -0.1) is 0 Å². The average Bonchev–Trinajstić information content (AvgIpc) is 2.88. The van der Waals surface area contributed by atoms with Crippen LogP contribution >= 0.6 is 11.6 Å². The van der Waals surface area contributed by atoms with Gasteiger partial charge in [0.2, 0.25) is 0 Å². The number of methoxy groups -OCH3 is 1. The van der Waals surface area contributed by atoms with Gasteiger partial charge in [0.05, 0.1) is 6.61 Å². The Labute approximate surface area is 127 Å². The molecule has 1 aliphatic heterocycles. The van der Waals surface area contributed by atoms with Crippen LogP contribution in [-0.4, -0.2) is 33.4 Å². The van der Waals surface area contributed by atoms with Gasteiger partial charge >= 0.3 is 0 Å². The summed E-state index contributed by atoms with van der Waals surface area (Å²) in [4.78, 5) is 2.40. The van der Waals surface area contributed by atoms with Crippen molar-refractivity contribution < 1.29 is 4.74 Å². The summed E-state index contributed by atoms with van der Waals surface area (Å²) in [6, 6.07) is 6.72. The number of hydrogen-bond acceptors (Lipinski definition) is 3. The Kier molecular flexibility index (Phi) is 5.70. The molecule has 3 nitrogen and oxygen atoms in total. The number of rotatable bonds is 6. The second kappa shape index (κ2) is 7.30. The third kappa shape index (κ3) is 3.66. The number of halogens is 1. The molecular weight excluding hydrogens is 272 g/mol. The summed E-state index contributed by atoms with van der Waals surface area (Å²) in [5.41, 5.74) is 2.39. The molecule has 0 bridgehead atoms. The smallest absolute Gasteiger partial charge is 0.0508 e. The molecule has 0 saturated carbocycles. The lowest BCUT2D eigenvalue weighted by Gasteiger charge is -2.21. The van der Waals surface area contributed by atoms with Crippen LogP contribution in [0, 0.1) is 5.92 Å². The normalized spacial score (nSPS) is 20.4. The van der Waals surface area contributed by atoms with Crippen LogP contribution in [0.15, 0.2) is 18.2 Å². The standard InChI is InChI=1S/C16H25ClN2O/c1-4-18-12(2)15-6-5-14(9-16(15)17)19-8-7-13(10-19)11-20-3/h5-6,9,12-13,18H,4,7-8,10-11H2,1-3H3. The van der Waals surface area contributed by atoms with E-state index in [9.17, 15) is 0 Å². The molecule has 2 rings (SSSR count). The van der Waals surface area contributed by atoms with Gasteiger partial charge in [0, 0.05) is 42.9 Å². The van der Waals surface area contributed by atoms with Crippen LogP contribution in [0.4, 0.5) is 5.69 Å². The molecule has 0 spiro atoms. The number of nitrogens with zero attached hydrogens (tertiary/aromatic N) is 1. The minimum atomic E-state index is 0.293. The Morgan fingerprint density at radius 3 is 2.95 bits per heavy atom. The van der Waals surface area contributed by atoms with E-state index in [4.69, 9.17) is 16.3 Å². The molecule has 2 unspecified atom stereocenters. The molecule has 1 aromatic carbocycles. The van der Waals surface area contributed by atoms with Gasteiger partial charge in [-0.2, -0.15) is 0 Å². The Balaban J connectivity index is 2.06. The summed E-state index contributed by atoms with van der Waals surface area (Å²) < 4.78 is 5.25. The molecular formula is C16H25ClN2O. The van der Waals surface area contributed by atoms with Crippen LogP contribution < -0.4 is 10.2 Å². The second-order valence-corrected chi connectivity index (χ2v) is 5.95. The van der Waals surface area contributed by atoms with E-state index in [0.717, 1.165) is 31.3 Å². The number of ether oxygens (including phenoxy) is 1. The highest BCUT2D eigenvalue weighted by atomic mass is 35.5. The van der Waals surface area contributed by atoms with Crippen molar-refractivity contribution >= 4 is 17.3 Å². The first-order chi connectivity index (χ1) is 9.65. The van der Waals surface area contributed by atoms with E-state index >= 15 is 0 Å². The second-order valence-electron chi connectivity index (χ2n) is 5.54. The highest BCUT2D eigenvalue weighted by Gasteiger charge is 2.23. The number of benzene rings is 1. The first kappa shape index (κ1) is 15.6. The van der Waals surface area contributed by atoms with Crippen LogP contribution in [0.2, 0.25) is 5.02 Å². The highest BCUT2D eigenvalue weighted by Crippen LogP contribution is 2.30. The summed E-state index contributed by atoms with van der Waals surface area (Å²) in [7, 11) is 1.77. The van der Waals surface area contributed by atoms with E-state index in [0.29, 0.717) is 12.0 Å². The van der Waals surface area contributed by atoms with Gasteiger partial charge in [-0.25, -0.2) is 0 Å². The summed E-state index contributed by atoms with van der Waals surface area (Å²) in [5, 5.41) is 4.25. The summed E-state index contributed by atoms with van der Waals surface area (Å²) in [5.74, 6) is 0.638. The molecule has 20 heavy (non-hydrogen) atoms. The molecule has 1 aromatic rings. The molecule has 2 atom stereocenters. The molecule has 4 heteroatoms. The molecule has 1 aliphatic rings. The van der Waals surface area contributed by atoms with Crippen LogP contribution in [0.25, 0.3) is 0 Å². The molecule has 112 valence electrons. The van der Waals surface area contributed by atoms with Gasteiger partial charge in [0.15, 0.2) is 0 Å². The minimum Gasteiger partial charge on any atom is -0.384 e. The van der Waals surface area contributed by atoms with Crippen molar-refractivity contribution in [2.45, 2.75) is 26.3 Å². The first-order valence-electron chi connectivity index (χ1n) is 7.42. The maximum Gasteiger partial charge on any atom is 0.0508 e. The van der Waals surface area contributed by atoms with Crippen molar-refractivity contribution in [2.75, 3.05) is 38.3 Å². The van der Waals surface area contributed by atoms with Crippen molar-refractivity contribution in [1.29, 1.82) is 0 Å². The fourth-order valence-electron chi connectivity index (χ4n) is 2.92. The Morgan fingerprint density at radius 2 is 2.30 bits per heavy atom. The molecule has 1 heterocycles. The average molecular weight is 297 g/mol. The monoisotopic (exact) mass is 296 g/mol. The van der Waals surface area contributed by atoms with Crippen molar-refractivity contribution in [1.82, 2.24) is 5.32 Å². The summed E-state index contributed by atoms with van der Waals surface area (Å²) in [6.07, 6.45) is 1.20. The van der Waals surface area contributed by atoms with Gasteiger partial charge in [-0.05, 0) is 37.6 Å². The minimum absolute atomic E-state index is 0.293. The Hall–Kier alpha value is -0.770. The van der Waals surface area contributed by atoms with Crippen molar-refractivity contribution in [2.24, 2.45) is 5.92 Å². The lowest BCUT2D eigenvalue weighted by Crippen LogP contribution is -2.21. The summed E-state index contributed by atoms with van der Waals surface area (Å²) >= 11 is 6.44. The third-order valence-electron chi connectivity index (χ3n) is 4.01. The summed E-state index contributed by atoms with van der Waals surface area (Å²) in [6.45, 7) is 8.20. The largest absolute Gasteiger partial charge is 0.384 e. The van der Waals surface area contributed by atoms with E-state index in [1.807, 2.05) is 0 Å². The fraction of sp³-hybridized carbons (Fsp3) is 0.625. The topological polar surface area (TPSA) is 24.5 Å². The van der Waals surface area contributed by atoms with E-state index in [2.05, 4.69) is 42.3 Å². The molecule has 0 amide bonds. The number of hydrogen-bond donors (Lipinski definition) is 1. The number of anilines is 1. The van der Waals surface area contributed by atoms with Crippen LogP contribution in [0.5, 0.6) is 0 Å². The van der Waals surface area contributed by atoms with E-state index in [1.165, 1.54) is 17.7 Å². The number of nitrogens with one attached hydrogen (secondary N) is 1. The van der Waals surface area contributed by atoms with Crippen molar-refractivity contribution in [3.05, 3.63) is 28.8 Å². The Morgan fingerprint density at radius 1 is 1.50 bits per heavy atom. The van der Waals surface area contributed by atoms with Gasteiger partial charge in [0.1, 0.15) is 0 Å². The predicted octanol–water partition coefficient (Wildman–Crippen LogP) is 3.48. The van der Waals surface area contributed by atoms with E-state index in [-0.39, 0.29) is 0 Å². The zero-order valence-corrected chi connectivity index (χ0v) is 13.4. The van der Waals surface area contributed by atoms with E-state index in [1.54, 1.807) is 7.11 Å². The molecule has 0 radical (unpaired) electrons. The zero-order valence-electron chi connectivity index (χ0n) is 12.7. The van der Waals surface area contributed by atoms with Crippen molar-refractivity contribution in [3.63, 3.8) is 0 Å². The maximum absolute atomic E-state index is 6.44. The van der Waals surface area contributed by atoms with Crippen molar-refractivity contribution in [3.8, 4) is 0 Å². The molecule has 0 aromatic heterocycles. The van der Waals surface area contributed by atoms with Crippen LogP contribution in [0.1, 0.15) is 31.9 Å². The molecule has 1 saturated heterocycles.